The average Bonchev–Trinajstić information content (AvgIpc) is 3.01. The van der Waals surface area contributed by atoms with Crippen molar-refractivity contribution in [3.63, 3.8) is 0 Å². The highest BCUT2D eigenvalue weighted by atomic mass is 35.5. The van der Waals surface area contributed by atoms with Crippen molar-refractivity contribution < 1.29 is 4.79 Å². The lowest BCUT2D eigenvalue weighted by Gasteiger charge is -2.21. The van der Waals surface area contributed by atoms with E-state index < -0.39 is 0 Å². The molecule has 142 valence electrons. The van der Waals surface area contributed by atoms with E-state index in [0.29, 0.717) is 15.7 Å². The van der Waals surface area contributed by atoms with Crippen LogP contribution in [0.5, 0.6) is 0 Å². The first kappa shape index (κ1) is 19.7. The number of imidazole rings is 1. The van der Waals surface area contributed by atoms with Gasteiger partial charge in [-0.2, -0.15) is 0 Å². The zero-order valence-electron chi connectivity index (χ0n) is 15.6. The van der Waals surface area contributed by atoms with Crippen molar-refractivity contribution in [3.8, 4) is 11.3 Å². The number of carbonyl (C=O) groups is 1. The van der Waals surface area contributed by atoms with Crippen molar-refractivity contribution >= 4 is 34.8 Å². The van der Waals surface area contributed by atoms with Crippen molar-refractivity contribution in [2.24, 2.45) is 0 Å². The van der Waals surface area contributed by atoms with Crippen LogP contribution in [0.25, 0.3) is 16.9 Å². The Labute approximate surface area is 169 Å². The number of halogens is 2. The summed E-state index contributed by atoms with van der Waals surface area (Å²) < 4.78 is 1.85. The summed E-state index contributed by atoms with van der Waals surface area (Å²) in [6, 6.07) is 11.5. The maximum Gasteiger partial charge on any atom is 0.228 e. The lowest BCUT2D eigenvalue weighted by molar-refractivity contribution is -0.130. The molecule has 0 radical (unpaired) electrons. The molecule has 0 unspecified atom stereocenters. The van der Waals surface area contributed by atoms with Gasteiger partial charge in [-0.1, -0.05) is 67.4 Å². The molecule has 6 heteroatoms. The lowest BCUT2D eigenvalue weighted by Crippen LogP contribution is -2.34. The van der Waals surface area contributed by atoms with Crippen molar-refractivity contribution in [2.75, 3.05) is 13.1 Å². The number of hydrogen-bond donors (Lipinski definition) is 0. The van der Waals surface area contributed by atoms with Gasteiger partial charge in [-0.25, -0.2) is 4.98 Å². The topological polar surface area (TPSA) is 37.6 Å². The minimum atomic E-state index is 0.0915. The maximum atomic E-state index is 13.0. The van der Waals surface area contributed by atoms with Crippen molar-refractivity contribution in [2.45, 2.75) is 33.1 Å². The molecule has 0 N–H and O–H groups in total. The van der Waals surface area contributed by atoms with Gasteiger partial charge in [0, 0.05) is 24.8 Å². The number of hydrogen-bond acceptors (Lipinski definition) is 2. The van der Waals surface area contributed by atoms with Crippen molar-refractivity contribution in [1.29, 1.82) is 0 Å². The van der Waals surface area contributed by atoms with E-state index in [2.05, 4.69) is 13.8 Å². The molecule has 0 aliphatic heterocycles. The Hall–Kier alpha value is -2.04. The third-order valence-electron chi connectivity index (χ3n) is 4.45. The third kappa shape index (κ3) is 4.28. The molecule has 1 amide bonds. The molecular weight excluding hydrogens is 381 g/mol. The Morgan fingerprint density at radius 2 is 1.78 bits per heavy atom. The molecule has 0 aliphatic carbocycles. The van der Waals surface area contributed by atoms with Gasteiger partial charge in [0.05, 0.1) is 27.9 Å². The predicted octanol–water partition coefficient (Wildman–Crippen LogP) is 5.50. The van der Waals surface area contributed by atoms with Gasteiger partial charge in [0.1, 0.15) is 0 Å². The number of aromatic nitrogens is 2. The normalized spacial score (nSPS) is 11.1. The molecule has 0 saturated carbocycles. The van der Waals surface area contributed by atoms with Crippen LogP contribution in [0.1, 0.15) is 32.4 Å². The zero-order valence-corrected chi connectivity index (χ0v) is 17.1. The second kappa shape index (κ2) is 8.77. The minimum absolute atomic E-state index is 0.0915. The molecule has 27 heavy (non-hydrogen) atoms. The lowest BCUT2D eigenvalue weighted by atomic mass is 10.1. The number of pyridine rings is 1. The van der Waals surface area contributed by atoms with Crippen LogP contribution in [0, 0.1) is 0 Å². The second-order valence-corrected chi connectivity index (χ2v) is 7.37. The van der Waals surface area contributed by atoms with Crippen molar-refractivity contribution in [3.05, 3.63) is 58.3 Å². The van der Waals surface area contributed by atoms with Crippen LogP contribution >= 0.6 is 23.2 Å². The summed E-state index contributed by atoms with van der Waals surface area (Å²) in [4.78, 5) is 19.7. The highest BCUT2D eigenvalue weighted by molar-refractivity contribution is 6.36. The van der Waals surface area contributed by atoms with Crippen LogP contribution in [-0.4, -0.2) is 33.3 Å². The quantitative estimate of drug-likeness (QED) is 0.522. The van der Waals surface area contributed by atoms with Gasteiger partial charge in [0.15, 0.2) is 5.65 Å². The first-order valence-corrected chi connectivity index (χ1v) is 9.99. The van der Waals surface area contributed by atoms with Crippen LogP contribution < -0.4 is 0 Å². The molecule has 3 aromatic rings. The molecule has 0 bridgehead atoms. The molecule has 2 aromatic heterocycles. The first-order valence-electron chi connectivity index (χ1n) is 9.24. The average molecular weight is 404 g/mol. The number of carbonyl (C=O) groups excluding carboxylic acids is 1. The maximum absolute atomic E-state index is 13.0. The van der Waals surface area contributed by atoms with Crippen molar-refractivity contribution in [1.82, 2.24) is 14.3 Å². The Morgan fingerprint density at radius 1 is 1.11 bits per heavy atom. The minimum Gasteiger partial charge on any atom is -0.342 e. The Morgan fingerprint density at radius 3 is 2.41 bits per heavy atom. The van der Waals surface area contributed by atoms with E-state index in [1.165, 1.54) is 0 Å². The number of rotatable bonds is 7. The largest absolute Gasteiger partial charge is 0.342 e. The summed E-state index contributed by atoms with van der Waals surface area (Å²) in [6.07, 6.45) is 3.89. The Balaban J connectivity index is 2.10. The molecule has 0 saturated heterocycles. The zero-order chi connectivity index (χ0) is 19.4. The van der Waals surface area contributed by atoms with E-state index in [4.69, 9.17) is 28.2 Å². The molecule has 4 nitrogen and oxygen atoms in total. The molecular formula is C21H23Cl2N3O. The second-order valence-electron chi connectivity index (χ2n) is 6.53. The fourth-order valence-electron chi connectivity index (χ4n) is 3.27. The summed E-state index contributed by atoms with van der Waals surface area (Å²) in [5.41, 5.74) is 3.14. The molecule has 0 spiro atoms. The standard InChI is InChI=1S/C21H23Cl2N3O/c1-3-10-25(11-4-2)19(27)13-18-20(15-8-6-5-7-9-15)24-21-17(23)12-16(22)14-26(18)21/h5-9,12,14H,3-4,10-11,13H2,1-2H3. The van der Waals surface area contributed by atoms with Crippen LogP contribution in [-0.2, 0) is 11.2 Å². The van der Waals surface area contributed by atoms with E-state index >= 15 is 0 Å². The predicted molar refractivity (Wildman–Crippen MR) is 112 cm³/mol. The van der Waals surface area contributed by atoms with E-state index in [9.17, 15) is 4.79 Å². The Bertz CT molecular complexity index is 931. The SMILES string of the molecule is CCCN(CCC)C(=O)Cc1c(-c2ccccc2)nc2c(Cl)cc(Cl)cn12. The molecule has 2 heterocycles. The molecule has 1 aromatic carbocycles. The highest BCUT2D eigenvalue weighted by Gasteiger charge is 2.21. The fraction of sp³-hybridized carbons (Fsp3) is 0.333. The van der Waals surface area contributed by atoms with Crippen LogP contribution in [0.4, 0.5) is 0 Å². The van der Waals surface area contributed by atoms with Gasteiger partial charge < -0.3 is 9.30 Å². The number of fused-ring (bicyclic) bond motifs is 1. The van der Waals surface area contributed by atoms with Crippen LogP contribution in [0.2, 0.25) is 10.0 Å². The summed E-state index contributed by atoms with van der Waals surface area (Å²) >= 11 is 12.6. The van der Waals surface area contributed by atoms with Crippen LogP contribution in [0.15, 0.2) is 42.6 Å². The van der Waals surface area contributed by atoms with E-state index in [-0.39, 0.29) is 12.3 Å². The van der Waals surface area contributed by atoms with E-state index in [0.717, 1.165) is 42.9 Å². The fourth-order valence-corrected chi connectivity index (χ4v) is 3.79. The summed E-state index contributed by atoms with van der Waals surface area (Å²) in [7, 11) is 0. The van der Waals surface area contributed by atoms with E-state index in [1.807, 2.05) is 39.6 Å². The molecule has 3 rings (SSSR count). The molecule has 0 aliphatic rings. The van der Waals surface area contributed by atoms with Gasteiger partial charge in [-0.3, -0.25) is 4.79 Å². The number of benzene rings is 1. The summed E-state index contributed by atoms with van der Waals surface area (Å²) in [5.74, 6) is 0.0915. The van der Waals surface area contributed by atoms with Gasteiger partial charge in [-0.15, -0.1) is 0 Å². The van der Waals surface area contributed by atoms with Gasteiger partial charge in [-0.05, 0) is 18.9 Å². The molecule has 0 atom stereocenters. The number of amides is 1. The first-order chi connectivity index (χ1) is 13.0. The Kier molecular flexibility index (Phi) is 6.40. The summed E-state index contributed by atoms with van der Waals surface area (Å²) in [5, 5.41) is 0.981. The number of nitrogens with zero attached hydrogens (tertiary/aromatic N) is 3. The third-order valence-corrected chi connectivity index (χ3v) is 4.93. The smallest absolute Gasteiger partial charge is 0.228 e. The van der Waals surface area contributed by atoms with Gasteiger partial charge in [0.25, 0.3) is 0 Å². The van der Waals surface area contributed by atoms with E-state index in [1.54, 1.807) is 12.3 Å². The summed E-state index contributed by atoms with van der Waals surface area (Å²) in [6.45, 7) is 5.68. The van der Waals surface area contributed by atoms with Gasteiger partial charge >= 0.3 is 0 Å². The van der Waals surface area contributed by atoms with Crippen LogP contribution in [0.3, 0.4) is 0 Å². The molecule has 0 fully saturated rings. The monoisotopic (exact) mass is 403 g/mol. The van der Waals surface area contributed by atoms with Gasteiger partial charge in [0.2, 0.25) is 5.91 Å². The highest BCUT2D eigenvalue weighted by Crippen LogP contribution is 2.30.